The number of nitro groups is 1. The van der Waals surface area contributed by atoms with Gasteiger partial charge in [0, 0.05) is 11.6 Å². The minimum absolute atomic E-state index is 0.0437. The third kappa shape index (κ3) is 3.54. The van der Waals surface area contributed by atoms with Crippen molar-refractivity contribution in [3.05, 3.63) is 107 Å². The number of ether oxygens (including phenoxy) is 1. The van der Waals surface area contributed by atoms with Gasteiger partial charge in [-0.2, -0.15) is 0 Å². The Labute approximate surface area is 184 Å². The van der Waals surface area contributed by atoms with Crippen LogP contribution in [0, 0.1) is 15.9 Å². The number of halogens is 1. The third-order valence-corrected chi connectivity index (χ3v) is 6.03. The summed E-state index contributed by atoms with van der Waals surface area (Å²) >= 11 is 1.00. The zero-order valence-electron chi connectivity index (χ0n) is 16.9. The summed E-state index contributed by atoms with van der Waals surface area (Å²) in [7, 11) is 1.20. The van der Waals surface area contributed by atoms with Crippen LogP contribution in [0.1, 0.15) is 24.1 Å². The molecular weight excluding hydrogens is 437 g/mol. The highest BCUT2D eigenvalue weighted by Crippen LogP contribution is 2.31. The van der Waals surface area contributed by atoms with Crippen LogP contribution in [0.15, 0.2) is 69.6 Å². The van der Waals surface area contributed by atoms with Crippen LogP contribution in [-0.2, 0) is 9.53 Å². The molecule has 1 aliphatic heterocycles. The van der Waals surface area contributed by atoms with Crippen molar-refractivity contribution in [3.8, 4) is 0 Å². The Morgan fingerprint density at radius 2 is 1.94 bits per heavy atom. The van der Waals surface area contributed by atoms with Gasteiger partial charge in [0.15, 0.2) is 4.80 Å². The molecule has 0 fully saturated rings. The van der Waals surface area contributed by atoms with Crippen molar-refractivity contribution in [2.45, 2.75) is 13.0 Å². The lowest BCUT2D eigenvalue weighted by Gasteiger charge is -2.24. The van der Waals surface area contributed by atoms with Crippen molar-refractivity contribution in [2.75, 3.05) is 7.11 Å². The van der Waals surface area contributed by atoms with Crippen LogP contribution in [0.2, 0.25) is 0 Å². The van der Waals surface area contributed by atoms with Crippen molar-refractivity contribution in [1.82, 2.24) is 4.57 Å². The molecule has 1 unspecified atom stereocenters. The first-order chi connectivity index (χ1) is 15.3. The van der Waals surface area contributed by atoms with Crippen LogP contribution in [0.4, 0.5) is 10.1 Å². The molecule has 3 aromatic rings. The quantitative estimate of drug-likeness (QED) is 0.343. The molecule has 0 saturated heterocycles. The van der Waals surface area contributed by atoms with E-state index in [1.165, 1.54) is 54.2 Å². The van der Waals surface area contributed by atoms with E-state index in [-0.39, 0.29) is 31.7 Å². The number of hydrogen-bond acceptors (Lipinski definition) is 7. The number of allylic oxidation sites excluding steroid dienone is 1. The van der Waals surface area contributed by atoms with E-state index in [1.807, 2.05) is 0 Å². The molecule has 0 N–H and O–H groups in total. The van der Waals surface area contributed by atoms with Gasteiger partial charge in [-0.15, -0.1) is 0 Å². The second kappa shape index (κ2) is 8.31. The zero-order valence-corrected chi connectivity index (χ0v) is 17.8. The van der Waals surface area contributed by atoms with Crippen LogP contribution < -0.4 is 14.9 Å². The number of carbonyl (C=O) groups is 1. The van der Waals surface area contributed by atoms with Gasteiger partial charge in [-0.1, -0.05) is 41.7 Å². The van der Waals surface area contributed by atoms with Gasteiger partial charge in [-0.25, -0.2) is 14.2 Å². The molecule has 8 nitrogen and oxygen atoms in total. The number of nitrogens with zero attached hydrogens (tertiary/aromatic N) is 3. The summed E-state index contributed by atoms with van der Waals surface area (Å²) in [5, 5.41) is 11.3. The number of nitro benzene ring substituents is 1. The van der Waals surface area contributed by atoms with Crippen molar-refractivity contribution in [3.63, 3.8) is 0 Å². The molecule has 1 aliphatic rings. The normalized spacial score (nSPS) is 15.8. The molecule has 162 valence electrons. The van der Waals surface area contributed by atoms with E-state index in [0.29, 0.717) is 5.70 Å². The molecule has 0 spiro atoms. The predicted octanol–water partition coefficient (Wildman–Crippen LogP) is 2.46. The Morgan fingerprint density at radius 1 is 1.25 bits per heavy atom. The van der Waals surface area contributed by atoms with Crippen molar-refractivity contribution >= 4 is 29.1 Å². The van der Waals surface area contributed by atoms with Crippen LogP contribution >= 0.6 is 11.3 Å². The monoisotopic (exact) mass is 453 g/mol. The summed E-state index contributed by atoms with van der Waals surface area (Å²) in [4.78, 5) is 41.4. The molecule has 2 aromatic carbocycles. The van der Waals surface area contributed by atoms with Crippen LogP contribution in [0.3, 0.4) is 0 Å². The summed E-state index contributed by atoms with van der Waals surface area (Å²) in [5.74, 6) is -1.32. The molecule has 1 atom stereocenters. The van der Waals surface area contributed by atoms with E-state index >= 15 is 0 Å². The van der Waals surface area contributed by atoms with Gasteiger partial charge in [0.2, 0.25) is 0 Å². The Balaban J connectivity index is 2.02. The summed E-state index contributed by atoms with van der Waals surface area (Å²) in [6.07, 6.45) is 1.40. The van der Waals surface area contributed by atoms with Crippen LogP contribution in [-0.4, -0.2) is 22.6 Å². The number of rotatable bonds is 4. The number of aromatic nitrogens is 1. The number of methoxy groups -OCH3 is 1. The fraction of sp³-hybridized carbons (Fsp3) is 0.136. The average Bonchev–Trinajstić information content (AvgIpc) is 3.07. The molecule has 0 amide bonds. The maximum absolute atomic E-state index is 14.8. The van der Waals surface area contributed by atoms with Gasteiger partial charge < -0.3 is 4.74 Å². The van der Waals surface area contributed by atoms with E-state index < -0.39 is 28.3 Å². The van der Waals surface area contributed by atoms with Gasteiger partial charge in [-0.3, -0.25) is 19.5 Å². The Morgan fingerprint density at radius 3 is 2.62 bits per heavy atom. The first kappa shape index (κ1) is 21.3. The molecule has 4 rings (SSSR count). The average molecular weight is 453 g/mol. The predicted molar refractivity (Wildman–Crippen MR) is 115 cm³/mol. The smallest absolute Gasteiger partial charge is 0.338 e. The summed E-state index contributed by atoms with van der Waals surface area (Å²) in [5.41, 5.74) is -0.00929. The number of thiazole rings is 1. The largest absolute Gasteiger partial charge is 0.466 e. The molecule has 1 aromatic heterocycles. The highest BCUT2D eigenvalue weighted by atomic mass is 32.1. The standard InChI is InChI=1S/C22H16FN3O5S/c1-12-18(21(28)31-2)19(14-8-4-5-9-15(14)23)25-20(27)17(32-22(25)24-12)11-13-7-3-6-10-16(13)26(29)30/h3-11,19H,1-2H3. The van der Waals surface area contributed by atoms with Gasteiger partial charge >= 0.3 is 5.97 Å². The van der Waals surface area contributed by atoms with E-state index in [4.69, 9.17) is 4.74 Å². The summed E-state index contributed by atoms with van der Waals surface area (Å²) in [6, 6.07) is 10.8. The van der Waals surface area contributed by atoms with Gasteiger partial charge in [-0.05, 0) is 25.1 Å². The molecule has 0 saturated carbocycles. The number of hydrogen-bond donors (Lipinski definition) is 0. The topological polar surface area (TPSA) is 104 Å². The highest BCUT2D eigenvalue weighted by molar-refractivity contribution is 7.07. The van der Waals surface area contributed by atoms with Crippen LogP contribution in [0.5, 0.6) is 0 Å². The SMILES string of the molecule is COC(=O)C1=C(C)N=c2sc(=Cc3ccccc3[N+](=O)[O-])c(=O)n2C1c1ccccc1F. The number of carbonyl (C=O) groups excluding carboxylic acids is 1. The van der Waals surface area contributed by atoms with Crippen LogP contribution in [0.25, 0.3) is 6.08 Å². The lowest BCUT2D eigenvalue weighted by Crippen LogP contribution is -2.40. The zero-order chi connectivity index (χ0) is 23.0. The molecule has 10 heteroatoms. The number of fused-ring (bicyclic) bond motifs is 1. The maximum atomic E-state index is 14.8. The Bertz CT molecular complexity index is 1470. The van der Waals surface area contributed by atoms with E-state index in [1.54, 1.807) is 19.1 Å². The van der Waals surface area contributed by atoms with E-state index in [9.17, 15) is 24.1 Å². The molecule has 0 aliphatic carbocycles. The minimum atomic E-state index is -1.09. The highest BCUT2D eigenvalue weighted by Gasteiger charge is 2.34. The van der Waals surface area contributed by atoms with E-state index in [2.05, 4.69) is 4.99 Å². The number of esters is 1. The van der Waals surface area contributed by atoms with Crippen molar-refractivity contribution in [2.24, 2.45) is 4.99 Å². The van der Waals surface area contributed by atoms with Crippen molar-refractivity contribution < 1.29 is 18.8 Å². The lowest BCUT2D eigenvalue weighted by atomic mass is 9.95. The third-order valence-electron chi connectivity index (χ3n) is 5.05. The second-order valence-corrected chi connectivity index (χ2v) is 7.92. The van der Waals surface area contributed by atoms with Gasteiger partial charge in [0.1, 0.15) is 11.9 Å². The Hall–Kier alpha value is -3.92. The van der Waals surface area contributed by atoms with E-state index in [0.717, 1.165) is 11.3 Å². The van der Waals surface area contributed by atoms with Gasteiger partial charge in [0.05, 0.1) is 33.4 Å². The lowest BCUT2D eigenvalue weighted by molar-refractivity contribution is -0.385. The van der Waals surface area contributed by atoms with Crippen molar-refractivity contribution in [1.29, 1.82) is 0 Å². The fourth-order valence-electron chi connectivity index (χ4n) is 3.60. The fourth-order valence-corrected chi connectivity index (χ4v) is 4.64. The molecule has 0 radical (unpaired) electrons. The maximum Gasteiger partial charge on any atom is 0.338 e. The minimum Gasteiger partial charge on any atom is -0.466 e. The molecule has 0 bridgehead atoms. The molecule has 32 heavy (non-hydrogen) atoms. The molecular formula is C22H16FN3O5S. The second-order valence-electron chi connectivity index (χ2n) is 6.91. The first-order valence-corrected chi connectivity index (χ1v) is 10.2. The summed E-state index contributed by atoms with van der Waals surface area (Å²) in [6.45, 7) is 1.58. The van der Waals surface area contributed by atoms with Gasteiger partial charge in [0.25, 0.3) is 11.2 Å². The number of para-hydroxylation sites is 1. The Kier molecular flexibility index (Phi) is 5.54. The molecule has 2 heterocycles. The first-order valence-electron chi connectivity index (χ1n) is 9.42. The number of benzene rings is 2. The summed E-state index contributed by atoms with van der Waals surface area (Å²) < 4.78 is 21.0.